The molecule has 0 aliphatic carbocycles. The molecule has 0 radical (unpaired) electrons. The Hall–Kier alpha value is -1.66. The zero-order valence-corrected chi connectivity index (χ0v) is 19.8. The Balaban J connectivity index is 1.86. The van der Waals surface area contributed by atoms with E-state index < -0.39 is 5.54 Å². The number of rotatable bonds is 9. The molecule has 1 N–H and O–H groups in total. The van der Waals surface area contributed by atoms with E-state index in [9.17, 15) is 9.59 Å². The van der Waals surface area contributed by atoms with Gasteiger partial charge in [0, 0.05) is 15.5 Å². The molecule has 0 spiro atoms. The second-order valence-corrected chi connectivity index (χ2v) is 9.25. The number of hydrogen-bond acceptors (Lipinski definition) is 2. The van der Waals surface area contributed by atoms with Gasteiger partial charge in [-0.05, 0) is 41.8 Å². The quantitative estimate of drug-likeness (QED) is 0.308. The molecule has 1 heterocycles. The molecule has 2 aromatic carbocycles. The third-order valence-electron chi connectivity index (χ3n) is 5.40. The largest absolute Gasteiger partial charge is 0.325 e. The molecule has 0 saturated carbocycles. The van der Waals surface area contributed by atoms with E-state index in [1.54, 1.807) is 0 Å². The van der Waals surface area contributed by atoms with Crippen LogP contribution in [0.4, 0.5) is 4.79 Å². The van der Waals surface area contributed by atoms with E-state index >= 15 is 0 Å². The van der Waals surface area contributed by atoms with Crippen molar-refractivity contribution < 1.29 is 9.59 Å². The van der Waals surface area contributed by atoms with Crippen molar-refractivity contribution in [3.05, 3.63) is 68.6 Å². The van der Waals surface area contributed by atoms with Gasteiger partial charge in [-0.15, -0.1) is 0 Å². The topological polar surface area (TPSA) is 49.4 Å². The van der Waals surface area contributed by atoms with E-state index in [0.29, 0.717) is 6.54 Å². The summed E-state index contributed by atoms with van der Waals surface area (Å²) in [5.74, 6) is -0.208. The molecule has 1 aliphatic heterocycles. The van der Waals surface area contributed by atoms with Crippen molar-refractivity contribution in [3.63, 3.8) is 0 Å². The number of nitrogens with zero attached hydrogens (tertiary/aromatic N) is 1. The highest BCUT2D eigenvalue weighted by atomic mass is 79.9. The molecule has 0 bridgehead atoms. The molecule has 29 heavy (non-hydrogen) atoms. The highest BCUT2D eigenvalue weighted by Gasteiger charge is 2.53. The Morgan fingerprint density at radius 3 is 1.79 bits per heavy atom. The summed E-state index contributed by atoms with van der Waals surface area (Å²) < 4.78 is 1.85. The van der Waals surface area contributed by atoms with Crippen molar-refractivity contribution in [1.82, 2.24) is 10.2 Å². The van der Waals surface area contributed by atoms with Gasteiger partial charge < -0.3 is 5.32 Å². The van der Waals surface area contributed by atoms with Crippen LogP contribution in [-0.4, -0.2) is 23.4 Å². The average Bonchev–Trinajstić information content (AvgIpc) is 2.97. The predicted molar refractivity (Wildman–Crippen MR) is 123 cm³/mol. The zero-order valence-electron chi connectivity index (χ0n) is 16.6. The van der Waals surface area contributed by atoms with Crippen LogP contribution >= 0.6 is 31.9 Å². The van der Waals surface area contributed by atoms with Crippen LogP contribution in [-0.2, 0) is 10.3 Å². The second kappa shape index (κ2) is 9.90. The first-order valence-electron chi connectivity index (χ1n) is 10.1. The number of amides is 3. The summed E-state index contributed by atoms with van der Waals surface area (Å²) in [4.78, 5) is 27.8. The molecule has 6 heteroatoms. The first-order chi connectivity index (χ1) is 14.0. The van der Waals surface area contributed by atoms with E-state index in [4.69, 9.17) is 0 Å². The Labute approximate surface area is 189 Å². The van der Waals surface area contributed by atoms with Crippen LogP contribution in [0.5, 0.6) is 0 Å². The van der Waals surface area contributed by atoms with Gasteiger partial charge in [0.1, 0.15) is 0 Å². The Kier molecular flexibility index (Phi) is 7.52. The van der Waals surface area contributed by atoms with Gasteiger partial charge in [-0.2, -0.15) is 0 Å². The van der Waals surface area contributed by atoms with Crippen LogP contribution in [0.15, 0.2) is 57.5 Å². The maximum atomic E-state index is 13.6. The van der Waals surface area contributed by atoms with Crippen LogP contribution < -0.4 is 5.32 Å². The number of carbonyl (C=O) groups is 2. The van der Waals surface area contributed by atoms with Gasteiger partial charge in [0.15, 0.2) is 5.54 Å². The van der Waals surface area contributed by atoms with E-state index in [2.05, 4.69) is 44.1 Å². The lowest BCUT2D eigenvalue weighted by Gasteiger charge is -2.28. The fourth-order valence-corrected chi connectivity index (χ4v) is 4.32. The third kappa shape index (κ3) is 4.75. The van der Waals surface area contributed by atoms with Gasteiger partial charge in [0.05, 0.1) is 0 Å². The van der Waals surface area contributed by atoms with Crippen LogP contribution in [0.2, 0.25) is 0 Å². The van der Waals surface area contributed by atoms with Crippen molar-refractivity contribution in [3.8, 4) is 0 Å². The summed E-state index contributed by atoms with van der Waals surface area (Å²) in [6.45, 7) is 2.64. The molecule has 1 fully saturated rings. The van der Waals surface area contributed by atoms with Crippen LogP contribution in [0.1, 0.15) is 56.6 Å². The van der Waals surface area contributed by atoms with Gasteiger partial charge in [0.2, 0.25) is 0 Å². The number of imide groups is 1. The standard InChI is InChI=1S/C23H26Br2N2O2/c1-2-3-4-5-6-7-16-27-21(28)23(26-22(27)29,17-8-12-19(24)13-9-17)18-10-14-20(25)15-11-18/h8-15H,2-7,16H2,1H3,(H,26,29). The summed E-state index contributed by atoms with van der Waals surface area (Å²) >= 11 is 6.89. The number of benzene rings is 2. The Morgan fingerprint density at radius 2 is 1.28 bits per heavy atom. The summed E-state index contributed by atoms with van der Waals surface area (Å²) in [7, 11) is 0. The lowest BCUT2D eigenvalue weighted by molar-refractivity contribution is -0.130. The lowest BCUT2D eigenvalue weighted by atomic mass is 9.82. The summed E-state index contributed by atoms with van der Waals surface area (Å²) in [6, 6.07) is 14.8. The number of carbonyl (C=O) groups excluding carboxylic acids is 2. The highest BCUT2D eigenvalue weighted by Crippen LogP contribution is 2.37. The smallest absolute Gasteiger partial charge is 0.315 e. The molecule has 3 amide bonds. The van der Waals surface area contributed by atoms with Gasteiger partial charge in [-0.3, -0.25) is 9.69 Å². The summed E-state index contributed by atoms with van der Waals surface area (Å²) in [5, 5.41) is 3.01. The molecule has 2 aromatic rings. The van der Waals surface area contributed by atoms with Crippen LogP contribution in [0.25, 0.3) is 0 Å². The molecule has 3 rings (SSSR count). The predicted octanol–water partition coefficient (Wildman–Crippen LogP) is 6.37. The molecule has 0 atom stereocenters. The summed E-state index contributed by atoms with van der Waals surface area (Å²) in [5.41, 5.74) is 0.319. The van der Waals surface area contributed by atoms with Crippen molar-refractivity contribution >= 4 is 43.8 Å². The van der Waals surface area contributed by atoms with Crippen LogP contribution in [0, 0.1) is 0 Å². The number of halogens is 2. The van der Waals surface area contributed by atoms with Crippen molar-refractivity contribution in [2.45, 2.75) is 51.0 Å². The number of hydrogen-bond donors (Lipinski definition) is 1. The average molecular weight is 522 g/mol. The maximum absolute atomic E-state index is 13.6. The number of unbranched alkanes of at least 4 members (excludes halogenated alkanes) is 5. The zero-order chi connectivity index (χ0) is 20.9. The SMILES string of the molecule is CCCCCCCCN1C(=O)NC(c2ccc(Br)cc2)(c2ccc(Br)cc2)C1=O. The minimum absolute atomic E-state index is 0.208. The maximum Gasteiger partial charge on any atom is 0.325 e. The van der Waals surface area contributed by atoms with E-state index in [1.807, 2.05) is 48.5 Å². The lowest BCUT2D eigenvalue weighted by Crippen LogP contribution is -2.45. The highest BCUT2D eigenvalue weighted by molar-refractivity contribution is 9.10. The Bertz CT molecular complexity index is 805. The molecule has 1 aliphatic rings. The minimum atomic E-state index is -1.19. The third-order valence-corrected chi connectivity index (χ3v) is 6.45. The first kappa shape index (κ1) is 22.0. The van der Waals surface area contributed by atoms with Crippen molar-refractivity contribution in [2.24, 2.45) is 0 Å². The van der Waals surface area contributed by atoms with E-state index in [0.717, 1.165) is 39.3 Å². The minimum Gasteiger partial charge on any atom is -0.315 e. The molecular formula is C23H26Br2N2O2. The summed E-state index contributed by atoms with van der Waals surface area (Å²) in [6.07, 6.45) is 6.65. The Morgan fingerprint density at radius 1 is 0.793 bits per heavy atom. The van der Waals surface area contributed by atoms with Crippen LogP contribution in [0.3, 0.4) is 0 Å². The molecule has 4 nitrogen and oxygen atoms in total. The van der Waals surface area contributed by atoms with E-state index in [1.165, 1.54) is 24.2 Å². The van der Waals surface area contributed by atoms with Crippen molar-refractivity contribution in [1.29, 1.82) is 0 Å². The van der Waals surface area contributed by atoms with Gasteiger partial charge in [0.25, 0.3) is 5.91 Å². The fourth-order valence-electron chi connectivity index (χ4n) is 3.79. The number of nitrogens with one attached hydrogen (secondary N) is 1. The van der Waals surface area contributed by atoms with Gasteiger partial charge >= 0.3 is 6.03 Å². The van der Waals surface area contributed by atoms with Gasteiger partial charge in [-0.25, -0.2) is 4.79 Å². The second-order valence-electron chi connectivity index (χ2n) is 7.42. The molecular weight excluding hydrogens is 496 g/mol. The van der Waals surface area contributed by atoms with E-state index in [-0.39, 0.29) is 11.9 Å². The van der Waals surface area contributed by atoms with Crippen molar-refractivity contribution in [2.75, 3.05) is 6.54 Å². The fraction of sp³-hybridized carbons (Fsp3) is 0.391. The monoisotopic (exact) mass is 520 g/mol. The molecule has 0 unspecified atom stereocenters. The molecule has 154 valence electrons. The first-order valence-corrected chi connectivity index (χ1v) is 11.7. The number of urea groups is 1. The normalized spacial score (nSPS) is 15.6. The van der Waals surface area contributed by atoms with Gasteiger partial charge in [-0.1, -0.05) is 95.2 Å². The molecule has 0 aromatic heterocycles. The molecule has 1 saturated heterocycles.